The van der Waals surface area contributed by atoms with Crippen molar-refractivity contribution in [1.29, 1.82) is 0 Å². The van der Waals surface area contributed by atoms with Gasteiger partial charge in [0, 0.05) is 25.8 Å². The fraction of sp³-hybridized carbons (Fsp3) is 0.182. The standard InChI is InChI=1S/C12H13.C5H5.5CH3.Hf/c1-8-4-5-11-6-9(2)10(3)7-12(8)11;1-2-4-5-3-1;;;;;;/h5-8H,1-3H3;1-5H;5*1H3;/q7*-1;. The summed E-state index contributed by atoms with van der Waals surface area (Å²) in [5, 5.41) is 0. The van der Waals surface area contributed by atoms with Gasteiger partial charge >= 0.3 is 0 Å². The fourth-order valence-corrected chi connectivity index (χ4v) is 1.99. The zero-order valence-electron chi connectivity index (χ0n) is 16.2. The summed E-state index contributed by atoms with van der Waals surface area (Å²) in [6.45, 7) is 6.52. The Bertz CT molecular complexity index is 490. The second-order valence-electron chi connectivity index (χ2n) is 4.56. The van der Waals surface area contributed by atoms with E-state index in [2.05, 4.69) is 45.1 Å². The van der Waals surface area contributed by atoms with Crippen LogP contribution >= 0.6 is 0 Å². The number of aryl methyl sites for hydroxylation is 2. The first-order valence-corrected chi connectivity index (χ1v) is 6.05. The molecule has 1 aliphatic carbocycles. The molecule has 0 aromatic heterocycles. The Labute approximate surface area is 166 Å². The SMILES string of the molecule is Cc1cc2c(cc1C)C(C)[C-]=C2.[CH3-].[CH3-].[CH3-].[CH3-].[CH3-].[Hf].c1cc[cH-]c1. The van der Waals surface area contributed by atoms with Crippen LogP contribution in [0.25, 0.3) is 6.08 Å². The molecule has 1 heteroatoms. The van der Waals surface area contributed by atoms with Crippen molar-refractivity contribution in [3.8, 4) is 0 Å². The van der Waals surface area contributed by atoms with Crippen molar-refractivity contribution in [2.45, 2.75) is 26.7 Å². The van der Waals surface area contributed by atoms with Crippen LogP contribution in [-0.4, -0.2) is 0 Å². The maximum Gasteiger partial charge on any atom is 0 e. The Hall–Kier alpha value is -0.820. The predicted molar refractivity (Wildman–Crippen MR) is 106 cm³/mol. The van der Waals surface area contributed by atoms with Crippen LogP contribution in [0.1, 0.15) is 35.1 Å². The molecule has 1 aliphatic rings. The molecule has 0 saturated heterocycles. The third-order valence-corrected chi connectivity index (χ3v) is 3.21. The molecule has 2 aromatic carbocycles. The van der Waals surface area contributed by atoms with Gasteiger partial charge in [0.05, 0.1) is 0 Å². The van der Waals surface area contributed by atoms with Gasteiger partial charge < -0.3 is 37.1 Å². The molecule has 2 aromatic rings. The Kier molecular flexibility index (Phi) is 23.5. The number of allylic oxidation sites excluding steroid dienone is 1. The summed E-state index contributed by atoms with van der Waals surface area (Å²) in [7, 11) is 0. The summed E-state index contributed by atoms with van der Waals surface area (Å²) in [6.07, 6.45) is 5.42. The summed E-state index contributed by atoms with van der Waals surface area (Å²) >= 11 is 0. The Balaban J connectivity index is -0.0000000876. The van der Waals surface area contributed by atoms with Crippen LogP contribution in [0.4, 0.5) is 0 Å². The van der Waals surface area contributed by atoms with Crippen molar-refractivity contribution in [1.82, 2.24) is 0 Å². The molecule has 0 heterocycles. The maximum atomic E-state index is 3.31. The van der Waals surface area contributed by atoms with Gasteiger partial charge in [-0.05, 0) is 13.8 Å². The van der Waals surface area contributed by atoms with Gasteiger partial charge in [-0.15, -0.1) is 11.6 Å². The average molecular weight is 476 g/mol. The minimum atomic E-state index is 0. The van der Waals surface area contributed by atoms with Crippen molar-refractivity contribution in [2.75, 3.05) is 0 Å². The van der Waals surface area contributed by atoms with Gasteiger partial charge in [0.15, 0.2) is 0 Å². The molecule has 0 radical (unpaired) electrons. The van der Waals surface area contributed by atoms with Gasteiger partial charge in [-0.25, -0.2) is 18.2 Å². The third-order valence-electron chi connectivity index (χ3n) is 3.21. The number of hydrogen-bond acceptors (Lipinski definition) is 0. The quantitative estimate of drug-likeness (QED) is 0.287. The van der Waals surface area contributed by atoms with Crippen LogP contribution in [-0.2, 0) is 25.8 Å². The first-order valence-electron chi connectivity index (χ1n) is 6.05. The van der Waals surface area contributed by atoms with E-state index in [9.17, 15) is 0 Å². The Morgan fingerprint density at radius 1 is 0.870 bits per heavy atom. The molecule has 132 valence electrons. The van der Waals surface area contributed by atoms with Crippen molar-refractivity contribution in [3.63, 3.8) is 0 Å². The molecule has 0 bridgehead atoms. The second kappa shape index (κ2) is 16.1. The van der Waals surface area contributed by atoms with Gasteiger partial charge in [0.25, 0.3) is 0 Å². The molecule has 0 fully saturated rings. The normalized spacial score (nSPS) is 12.0. The van der Waals surface area contributed by atoms with Crippen LogP contribution in [0.2, 0.25) is 0 Å². The van der Waals surface area contributed by atoms with Crippen LogP contribution in [0.15, 0.2) is 42.5 Å². The van der Waals surface area contributed by atoms with Crippen molar-refractivity contribution < 1.29 is 25.8 Å². The van der Waals surface area contributed by atoms with Gasteiger partial charge in [0.2, 0.25) is 0 Å². The van der Waals surface area contributed by atoms with E-state index in [1.165, 1.54) is 22.3 Å². The van der Waals surface area contributed by atoms with Gasteiger partial charge in [-0.3, -0.25) is 6.08 Å². The number of fused-ring (bicyclic) bond motifs is 1. The van der Waals surface area contributed by atoms with Gasteiger partial charge in [-0.1, -0.05) is 30.0 Å². The Morgan fingerprint density at radius 2 is 1.35 bits per heavy atom. The van der Waals surface area contributed by atoms with Crippen LogP contribution in [0.5, 0.6) is 0 Å². The first kappa shape index (κ1) is 33.7. The van der Waals surface area contributed by atoms with E-state index in [4.69, 9.17) is 0 Å². The van der Waals surface area contributed by atoms with Crippen LogP contribution in [0.3, 0.4) is 0 Å². The second-order valence-corrected chi connectivity index (χ2v) is 4.56. The Morgan fingerprint density at radius 3 is 1.78 bits per heavy atom. The molecular formula is C22H33Hf-7. The summed E-state index contributed by atoms with van der Waals surface area (Å²) in [5.41, 5.74) is 5.54. The molecule has 1 atom stereocenters. The van der Waals surface area contributed by atoms with Gasteiger partial charge in [-0.2, -0.15) is 23.8 Å². The van der Waals surface area contributed by atoms with Crippen molar-refractivity contribution in [2.24, 2.45) is 0 Å². The molecule has 0 amide bonds. The monoisotopic (exact) mass is 477 g/mol. The summed E-state index contributed by atoms with van der Waals surface area (Å²) in [6, 6.07) is 14.5. The molecule has 0 aliphatic heterocycles. The predicted octanol–water partition coefficient (Wildman–Crippen LogP) is 6.89. The van der Waals surface area contributed by atoms with Crippen molar-refractivity contribution in [3.05, 3.63) is 108 Å². The topological polar surface area (TPSA) is 0 Å². The van der Waals surface area contributed by atoms with E-state index in [0.717, 1.165) is 0 Å². The van der Waals surface area contributed by atoms with Crippen LogP contribution in [0, 0.1) is 57.1 Å². The molecular weight excluding hydrogens is 443 g/mol. The zero-order valence-corrected chi connectivity index (χ0v) is 19.8. The molecule has 3 rings (SSSR count). The van der Waals surface area contributed by atoms with E-state index in [1.807, 2.05) is 30.3 Å². The molecule has 0 N–H and O–H groups in total. The van der Waals surface area contributed by atoms with Crippen molar-refractivity contribution >= 4 is 6.08 Å². The number of benzene rings is 1. The zero-order chi connectivity index (χ0) is 12.3. The van der Waals surface area contributed by atoms with E-state index < -0.39 is 0 Å². The number of rotatable bonds is 0. The third kappa shape index (κ3) is 9.15. The molecule has 0 nitrogen and oxygen atoms in total. The largest absolute Gasteiger partial charge is 0.358 e. The summed E-state index contributed by atoms with van der Waals surface area (Å²) < 4.78 is 0. The smallest absolute Gasteiger partial charge is 0 e. The fourth-order valence-electron chi connectivity index (χ4n) is 1.99. The van der Waals surface area contributed by atoms with E-state index >= 15 is 0 Å². The molecule has 0 saturated carbocycles. The minimum absolute atomic E-state index is 0. The molecule has 23 heavy (non-hydrogen) atoms. The molecule has 0 spiro atoms. The van der Waals surface area contributed by atoms with E-state index in [1.54, 1.807) is 0 Å². The van der Waals surface area contributed by atoms with Gasteiger partial charge in [0.1, 0.15) is 0 Å². The van der Waals surface area contributed by atoms with E-state index in [0.29, 0.717) is 5.92 Å². The van der Waals surface area contributed by atoms with Crippen LogP contribution < -0.4 is 0 Å². The summed E-state index contributed by atoms with van der Waals surface area (Å²) in [4.78, 5) is 0. The average Bonchev–Trinajstić information content (AvgIpc) is 2.96. The maximum absolute atomic E-state index is 3.31. The molecule has 1 unspecified atom stereocenters. The number of hydrogen-bond donors (Lipinski definition) is 0. The van der Waals surface area contributed by atoms with E-state index in [-0.39, 0.29) is 63.0 Å². The first-order chi connectivity index (χ1) is 8.18. The minimum Gasteiger partial charge on any atom is -0.358 e. The summed E-state index contributed by atoms with van der Waals surface area (Å²) in [5.74, 6) is 0.485.